The first-order valence-electron chi connectivity index (χ1n) is 8.23. The second-order valence-corrected chi connectivity index (χ2v) is 8.58. The van der Waals surface area contributed by atoms with Crippen molar-refractivity contribution < 1.29 is 9.59 Å². The van der Waals surface area contributed by atoms with Gasteiger partial charge in [0.05, 0.1) is 11.4 Å². The van der Waals surface area contributed by atoms with E-state index in [1.54, 1.807) is 0 Å². The number of hydrogen-bond acceptors (Lipinski definition) is 4. The van der Waals surface area contributed by atoms with Gasteiger partial charge in [-0.3, -0.25) is 9.59 Å². The van der Waals surface area contributed by atoms with Crippen LogP contribution in [0.3, 0.4) is 0 Å². The number of fused-ring (bicyclic) bond motifs is 2. The summed E-state index contributed by atoms with van der Waals surface area (Å²) in [6, 6.07) is 4.03. The van der Waals surface area contributed by atoms with Gasteiger partial charge in [-0.15, -0.1) is 11.3 Å². The predicted molar refractivity (Wildman–Crippen MR) is 96.1 cm³/mol. The molecule has 2 heterocycles. The summed E-state index contributed by atoms with van der Waals surface area (Å²) in [6.07, 6.45) is 3.20. The SMILES string of the molecule is CC(C)(C)C1CCc2nc3sc(C(=O)NCC(N)=O)cc3cc2C1. The largest absolute Gasteiger partial charge is 0.368 e. The van der Waals surface area contributed by atoms with Crippen molar-refractivity contribution in [3.05, 3.63) is 28.3 Å². The molecule has 0 aliphatic heterocycles. The van der Waals surface area contributed by atoms with Crippen molar-refractivity contribution in [3.63, 3.8) is 0 Å². The molecule has 0 bridgehead atoms. The quantitative estimate of drug-likeness (QED) is 0.897. The van der Waals surface area contributed by atoms with Gasteiger partial charge in [0.25, 0.3) is 5.91 Å². The molecule has 0 saturated heterocycles. The lowest BCUT2D eigenvalue weighted by atomic mass is 9.71. The van der Waals surface area contributed by atoms with E-state index in [1.165, 1.54) is 16.9 Å². The summed E-state index contributed by atoms with van der Waals surface area (Å²) in [5, 5.41) is 3.52. The molecule has 6 heteroatoms. The first-order chi connectivity index (χ1) is 11.2. The van der Waals surface area contributed by atoms with Crippen LogP contribution >= 0.6 is 11.3 Å². The molecule has 0 spiro atoms. The van der Waals surface area contributed by atoms with E-state index in [0.717, 1.165) is 35.2 Å². The van der Waals surface area contributed by atoms with Crippen molar-refractivity contribution in [2.75, 3.05) is 6.54 Å². The highest BCUT2D eigenvalue weighted by Gasteiger charge is 2.29. The van der Waals surface area contributed by atoms with Gasteiger partial charge in [0.1, 0.15) is 4.83 Å². The zero-order valence-corrected chi connectivity index (χ0v) is 15.1. The zero-order valence-electron chi connectivity index (χ0n) is 14.3. The maximum Gasteiger partial charge on any atom is 0.261 e. The fourth-order valence-electron chi connectivity index (χ4n) is 3.23. The minimum atomic E-state index is -0.550. The van der Waals surface area contributed by atoms with Gasteiger partial charge in [0, 0.05) is 11.1 Å². The number of thiophene rings is 1. The van der Waals surface area contributed by atoms with E-state index in [9.17, 15) is 9.59 Å². The summed E-state index contributed by atoms with van der Waals surface area (Å²) in [5.41, 5.74) is 7.82. The first kappa shape index (κ1) is 16.9. The molecule has 2 aromatic rings. The molecular formula is C18H23N3O2S. The number of carbonyl (C=O) groups excluding carboxylic acids is 2. The number of nitrogens with zero attached hydrogens (tertiary/aromatic N) is 1. The molecule has 2 amide bonds. The number of primary amides is 1. The van der Waals surface area contributed by atoms with Gasteiger partial charge in [0.2, 0.25) is 5.91 Å². The number of nitrogens with one attached hydrogen (secondary N) is 1. The third-order valence-corrected chi connectivity index (χ3v) is 5.79. The normalized spacial score (nSPS) is 17.5. The van der Waals surface area contributed by atoms with Crippen molar-refractivity contribution in [1.29, 1.82) is 0 Å². The highest BCUT2D eigenvalue weighted by Crippen LogP contribution is 2.38. The number of amides is 2. The third-order valence-electron chi connectivity index (χ3n) is 4.74. The summed E-state index contributed by atoms with van der Waals surface area (Å²) < 4.78 is 0. The number of rotatable bonds is 3. The lowest BCUT2D eigenvalue weighted by Gasteiger charge is -2.34. The molecule has 2 aromatic heterocycles. The Morgan fingerprint density at radius 3 is 2.79 bits per heavy atom. The number of pyridine rings is 1. The number of nitrogens with two attached hydrogens (primary N) is 1. The van der Waals surface area contributed by atoms with Crippen LogP contribution in [0.5, 0.6) is 0 Å². The molecule has 5 nitrogen and oxygen atoms in total. The van der Waals surface area contributed by atoms with Crippen LogP contribution in [0.2, 0.25) is 0 Å². The van der Waals surface area contributed by atoms with Crippen LogP contribution in [0.1, 0.15) is 48.1 Å². The molecule has 1 aliphatic rings. The molecule has 3 rings (SSSR count). The van der Waals surface area contributed by atoms with E-state index in [-0.39, 0.29) is 12.5 Å². The number of hydrogen-bond donors (Lipinski definition) is 2. The van der Waals surface area contributed by atoms with Gasteiger partial charge < -0.3 is 11.1 Å². The summed E-state index contributed by atoms with van der Waals surface area (Å²) in [5.74, 6) is -0.171. The van der Waals surface area contributed by atoms with E-state index in [0.29, 0.717) is 16.2 Å². The second-order valence-electron chi connectivity index (χ2n) is 7.55. The van der Waals surface area contributed by atoms with Gasteiger partial charge in [0.15, 0.2) is 0 Å². The van der Waals surface area contributed by atoms with Crippen molar-refractivity contribution in [1.82, 2.24) is 10.3 Å². The highest BCUT2D eigenvalue weighted by atomic mass is 32.1. The average molecular weight is 345 g/mol. The standard InChI is InChI=1S/C18H23N3O2S/c1-18(2,3)12-4-5-13-10(7-12)6-11-8-14(24-17(11)21-13)16(23)20-9-15(19)22/h6,8,12H,4-5,7,9H2,1-3H3,(H2,19,22)(H,20,23). The Hall–Kier alpha value is -1.95. The predicted octanol–water partition coefficient (Wildman–Crippen LogP) is 2.66. The molecule has 0 aromatic carbocycles. The van der Waals surface area contributed by atoms with Crippen molar-refractivity contribution in [2.24, 2.45) is 17.1 Å². The molecule has 1 atom stereocenters. The molecule has 24 heavy (non-hydrogen) atoms. The third kappa shape index (κ3) is 3.43. The Kier molecular flexibility index (Phi) is 4.34. The van der Waals surface area contributed by atoms with Crippen LogP contribution in [-0.4, -0.2) is 23.3 Å². The van der Waals surface area contributed by atoms with Crippen molar-refractivity contribution >= 4 is 33.4 Å². The van der Waals surface area contributed by atoms with Crippen LogP contribution in [0.15, 0.2) is 12.1 Å². The minimum absolute atomic E-state index is 0.149. The van der Waals surface area contributed by atoms with Gasteiger partial charge in [-0.25, -0.2) is 4.98 Å². The molecule has 3 N–H and O–H groups in total. The fourth-order valence-corrected chi connectivity index (χ4v) is 4.18. The van der Waals surface area contributed by atoms with Crippen LogP contribution in [0.4, 0.5) is 0 Å². The molecule has 0 saturated carbocycles. The van der Waals surface area contributed by atoms with Gasteiger partial charge in [-0.2, -0.15) is 0 Å². The smallest absolute Gasteiger partial charge is 0.261 e. The Balaban J connectivity index is 1.87. The summed E-state index contributed by atoms with van der Waals surface area (Å²) >= 11 is 1.36. The summed E-state index contributed by atoms with van der Waals surface area (Å²) in [7, 11) is 0. The Labute approximate surface area is 145 Å². The van der Waals surface area contributed by atoms with Gasteiger partial charge >= 0.3 is 0 Å². The van der Waals surface area contributed by atoms with Crippen LogP contribution in [0, 0.1) is 11.3 Å². The molecule has 0 radical (unpaired) electrons. The average Bonchev–Trinajstić information content (AvgIpc) is 2.91. The molecule has 1 aliphatic carbocycles. The topological polar surface area (TPSA) is 85.1 Å². The number of carbonyl (C=O) groups is 2. The van der Waals surface area contributed by atoms with E-state index in [1.807, 2.05) is 6.07 Å². The second kappa shape index (κ2) is 6.16. The maximum absolute atomic E-state index is 12.1. The first-order valence-corrected chi connectivity index (χ1v) is 9.04. The Bertz CT molecular complexity index is 804. The number of aromatic nitrogens is 1. The molecule has 0 fully saturated rings. The Morgan fingerprint density at radius 2 is 2.12 bits per heavy atom. The number of aryl methyl sites for hydroxylation is 1. The van der Waals surface area contributed by atoms with E-state index < -0.39 is 5.91 Å². The minimum Gasteiger partial charge on any atom is -0.368 e. The van der Waals surface area contributed by atoms with Gasteiger partial charge in [-0.05, 0) is 48.3 Å². The zero-order chi connectivity index (χ0) is 17.5. The lowest BCUT2D eigenvalue weighted by molar-refractivity contribution is -0.117. The van der Waals surface area contributed by atoms with Crippen LogP contribution in [0.25, 0.3) is 10.2 Å². The summed E-state index contributed by atoms with van der Waals surface area (Å²) in [6.45, 7) is 6.73. The molecular weight excluding hydrogens is 322 g/mol. The van der Waals surface area contributed by atoms with E-state index in [4.69, 9.17) is 10.7 Å². The van der Waals surface area contributed by atoms with E-state index >= 15 is 0 Å². The van der Waals surface area contributed by atoms with Crippen molar-refractivity contribution in [3.8, 4) is 0 Å². The lowest BCUT2D eigenvalue weighted by Crippen LogP contribution is -2.32. The molecule has 1 unspecified atom stereocenters. The van der Waals surface area contributed by atoms with E-state index in [2.05, 4.69) is 32.2 Å². The van der Waals surface area contributed by atoms with Gasteiger partial charge in [-0.1, -0.05) is 20.8 Å². The monoisotopic (exact) mass is 345 g/mol. The molecule has 128 valence electrons. The van der Waals surface area contributed by atoms with Crippen LogP contribution in [-0.2, 0) is 17.6 Å². The summed E-state index contributed by atoms with van der Waals surface area (Å²) in [4.78, 5) is 29.1. The fraction of sp³-hybridized carbons (Fsp3) is 0.500. The van der Waals surface area contributed by atoms with Crippen LogP contribution < -0.4 is 11.1 Å². The van der Waals surface area contributed by atoms with Crippen molar-refractivity contribution in [2.45, 2.75) is 40.0 Å². The Morgan fingerprint density at radius 1 is 1.38 bits per heavy atom. The highest BCUT2D eigenvalue weighted by molar-refractivity contribution is 7.20. The maximum atomic E-state index is 12.1.